The number of amidine groups is 1. The zero-order chi connectivity index (χ0) is 29.9. The Hall–Kier alpha value is -3.71. The molecule has 7 nitrogen and oxygen atoms in total. The van der Waals surface area contributed by atoms with Crippen molar-refractivity contribution in [2.24, 2.45) is 20.0 Å². The highest BCUT2D eigenvalue weighted by Gasteiger charge is 2.34. The molecular weight excluding hydrogens is 821 g/mol. The number of guanidine groups is 1. The molecule has 9 rings (SSSR count). The molecule has 0 fully saturated rings. The van der Waals surface area contributed by atoms with E-state index in [0.717, 1.165) is 61.5 Å². The topological polar surface area (TPSA) is 62.5 Å². The van der Waals surface area contributed by atoms with Crippen LogP contribution < -0.4 is 0 Å². The summed E-state index contributed by atoms with van der Waals surface area (Å²) in [6.07, 6.45) is 2.76. The summed E-state index contributed by atoms with van der Waals surface area (Å²) in [6.45, 7) is 0. The molecule has 0 radical (unpaired) electrons. The molecule has 0 unspecified atom stereocenters. The molecule has 212 valence electrons. The van der Waals surface area contributed by atoms with Gasteiger partial charge in [0.1, 0.15) is 17.5 Å². The van der Waals surface area contributed by atoms with Gasteiger partial charge in [0.2, 0.25) is 17.9 Å². The molecule has 3 aliphatic heterocycles. The predicted octanol–water partition coefficient (Wildman–Crippen LogP) is 9.85. The van der Waals surface area contributed by atoms with Crippen molar-refractivity contribution in [1.82, 2.24) is 14.0 Å². The summed E-state index contributed by atoms with van der Waals surface area (Å²) >= 11 is 14.5. The highest BCUT2D eigenvalue weighted by atomic mass is 79.9. The van der Waals surface area contributed by atoms with Crippen molar-refractivity contribution >= 4 is 131 Å². The lowest BCUT2D eigenvalue weighted by Gasteiger charge is -2.32. The average molecular weight is 835 g/mol. The van der Waals surface area contributed by atoms with Crippen LogP contribution in [0, 0.1) is 0 Å². The third-order valence-electron chi connectivity index (χ3n) is 7.80. The highest BCUT2D eigenvalue weighted by Crippen LogP contribution is 2.37. The largest absolute Gasteiger partial charge is 0.278 e. The molecule has 6 aromatic rings. The van der Waals surface area contributed by atoms with Crippen LogP contribution in [-0.2, 0) is 0 Å². The minimum absolute atomic E-state index is 0.338. The molecule has 0 amide bonds. The van der Waals surface area contributed by atoms with Crippen LogP contribution in [0.15, 0.2) is 134 Å². The van der Waals surface area contributed by atoms with Gasteiger partial charge in [0.25, 0.3) is 0 Å². The Morgan fingerprint density at radius 3 is 1.34 bits per heavy atom. The number of benzene rings is 4. The second kappa shape index (κ2) is 9.64. The summed E-state index contributed by atoms with van der Waals surface area (Å²) in [5.41, 5.74) is 3.62. The Labute approximate surface area is 282 Å². The van der Waals surface area contributed by atoms with Crippen LogP contribution in [0.3, 0.4) is 0 Å². The summed E-state index contributed by atoms with van der Waals surface area (Å²) in [4.78, 5) is 21.4. The number of nitrogens with zero attached hydrogens (tertiary/aromatic N) is 7. The average Bonchev–Trinajstić information content (AvgIpc) is 3.46. The minimum atomic E-state index is -0.457. The quantitative estimate of drug-likeness (QED) is 0.150. The number of fused-ring (bicyclic) bond motifs is 6. The van der Waals surface area contributed by atoms with Crippen molar-refractivity contribution in [3.8, 4) is 0 Å². The maximum Gasteiger partial charge on any atom is 0.243 e. The number of aliphatic imine (C=N–C) groups is 4. The van der Waals surface area contributed by atoms with E-state index in [9.17, 15) is 0 Å². The monoisotopic (exact) mass is 831 g/mol. The van der Waals surface area contributed by atoms with Crippen molar-refractivity contribution < 1.29 is 4.39 Å². The number of aromatic nitrogens is 2. The van der Waals surface area contributed by atoms with Gasteiger partial charge in [0, 0.05) is 51.6 Å². The Morgan fingerprint density at radius 1 is 0.477 bits per heavy atom. The molecule has 0 spiro atoms. The van der Waals surface area contributed by atoms with E-state index in [2.05, 4.69) is 88.0 Å². The maximum absolute atomic E-state index is 15.2. The van der Waals surface area contributed by atoms with Crippen molar-refractivity contribution in [3.63, 3.8) is 0 Å². The first kappa shape index (κ1) is 26.7. The molecule has 5 heterocycles. The number of hydrogen-bond acceptors (Lipinski definition) is 5. The number of halogens is 5. The second-order valence-corrected chi connectivity index (χ2v) is 14.1. The second-order valence-electron chi connectivity index (χ2n) is 10.4. The first-order valence-corrected chi connectivity index (χ1v) is 16.5. The van der Waals surface area contributed by atoms with E-state index in [1.165, 1.54) is 12.2 Å². The summed E-state index contributed by atoms with van der Waals surface area (Å²) < 4.78 is 22.8. The van der Waals surface area contributed by atoms with Crippen LogP contribution in [0.25, 0.3) is 43.6 Å². The lowest BCUT2D eigenvalue weighted by molar-refractivity contribution is 0.629. The van der Waals surface area contributed by atoms with E-state index in [0.29, 0.717) is 29.5 Å². The molecule has 0 N–H and O–H groups in total. The normalized spacial score (nSPS) is 16.2. The van der Waals surface area contributed by atoms with E-state index in [1.54, 1.807) is 4.90 Å². The molecule has 0 saturated heterocycles. The van der Waals surface area contributed by atoms with Gasteiger partial charge in [0.15, 0.2) is 0 Å². The van der Waals surface area contributed by atoms with Gasteiger partial charge in [-0.25, -0.2) is 9.29 Å². The van der Waals surface area contributed by atoms with E-state index in [1.807, 2.05) is 57.7 Å². The van der Waals surface area contributed by atoms with E-state index in [4.69, 9.17) is 20.0 Å². The van der Waals surface area contributed by atoms with E-state index in [-0.39, 0.29) is 0 Å². The fourth-order valence-electron chi connectivity index (χ4n) is 6.02. The van der Waals surface area contributed by atoms with Gasteiger partial charge in [-0.3, -0.25) is 9.13 Å². The third-order valence-corrected chi connectivity index (χ3v) is 9.78. The zero-order valence-electron chi connectivity index (χ0n) is 22.1. The Morgan fingerprint density at radius 2 is 0.886 bits per heavy atom. The lowest BCUT2D eigenvalue weighted by atomic mass is 10.2. The molecule has 3 aliphatic rings. The predicted molar refractivity (Wildman–Crippen MR) is 189 cm³/mol. The fourth-order valence-corrected chi connectivity index (χ4v) is 7.42. The molecule has 0 atom stereocenters. The smallest absolute Gasteiger partial charge is 0.243 e. The first-order chi connectivity index (χ1) is 21.3. The van der Waals surface area contributed by atoms with Crippen molar-refractivity contribution in [2.45, 2.75) is 0 Å². The van der Waals surface area contributed by atoms with Crippen LogP contribution in [0.2, 0.25) is 0 Å². The first-order valence-electron chi connectivity index (χ1n) is 13.4. The maximum atomic E-state index is 15.2. The standard InChI is InChI=1S/C32H14Br4FN7/c33-15-1-5-20-21-6-2-16(34)10-25(21)42(24(20)9-15)30-38-28-13-19(37)14-29-39-31(41-32(40-30)44(28)29)43-26-11-17(35)3-7-22(26)23-8-4-18(36)12-27(23)43/h1-14H. The van der Waals surface area contributed by atoms with E-state index >= 15 is 4.39 Å². The molecular formula is C32H14Br4FN7. The van der Waals surface area contributed by atoms with Gasteiger partial charge in [-0.15, -0.1) is 0 Å². The summed E-state index contributed by atoms with van der Waals surface area (Å²) in [5, 5.41) is 4.17. The molecule has 44 heavy (non-hydrogen) atoms. The molecule has 0 aliphatic carbocycles. The highest BCUT2D eigenvalue weighted by molar-refractivity contribution is 9.11. The van der Waals surface area contributed by atoms with Gasteiger partial charge >= 0.3 is 0 Å². The molecule has 0 bridgehead atoms. The minimum Gasteiger partial charge on any atom is -0.278 e. The van der Waals surface area contributed by atoms with Crippen LogP contribution in [0.4, 0.5) is 4.39 Å². The van der Waals surface area contributed by atoms with Crippen molar-refractivity contribution in [2.75, 3.05) is 0 Å². The Kier molecular flexibility index (Phi) is 5.85. The summed E-state index contributed by atoms with van der Waals surface area (Å²) in [5.74, 6) is 1.31. The van der Waals surface area contributed by atoms with Crippen molar-refractivity contribution in [1.29, 1.82) is 0 Å². The van der Waals surface area contributed by atoms with E-state index < -0.39 is 5.83 Å². The zero-order valence-corrected chi connectivity index (χ0v) is 28.4. The Bertz CT molecular complexity index is 2270. The fraction of sp³-hybridized carbons (Fsp3) is 0. The van der Waals surface area contributed by atoms with Crippen LogP contribution in [-0.4, -0.2) is 37.7 Å². The summed E-state index contributed by atoms with van der Waals surface area (Å²) in [7, 11) is 0. The van der Waals surface area contributed by atoms with Crippen LogP contribution in [0.1, 0.15) is 0 Å². The molecule has 12 heteroatoms. The van der Waals surface area contributed by atoms with Crippen molar-refractivity contribution in [3.05, 3.63) is 114 Å². The number of rotatable bonds is 0. The molecule has 0 saturated carbocycles. The Balaban J connectivity index is 1.33. The number of hydrogen-bond donors (Lipinski definition) is 0. The van der Waals surface area contributed by atoms with Gasteiger partial charge in [-0.1, -0.05) is 88.0 Å². The summed E-state index contributed by atoms with van der Waals surface area (Å²) in [6, 6.07) is 24.4. The molecule has 2 aromatic heterocycles. The van der Waals surface area contributed by atoms with Gasteiger partial charge in [0.05, 0.1) is 22.1 Å². The van der Waals surface area contributed by atoms with Crippen LogP contribution in [0.5, 0.6) is 0 Å². The van der Waals surface area contributed by atoms with Crippen LogP contribution >= 0.6 is 63.7 Å². The van der Waals surface area contributed by atoms with Gasteiger partial charge < -0.3 is 0 Å². The lowest BCUT2D eigenvalue weighted by Crippen LogP contribution is -2.43. The SMILES string of the molecule is FC1=CC2=NC(n3c4cc(Br)ccc4c4ccc(Br)cc43)=NC3=NC(n4c5cc(Br)ccc5c5ccc(Br)cc54)=NC(=C1)N23. The third kappa shape index (κ3) is 3.94. The molecule has 4 aromatic carbocycles. The number of allylic oxidation sites excluding steroid dienone is 2. The van der Waals surface area contributed by atoms with Gasteiger partial charge in [-0.05, 0) is 48.5 Å². The van der Waals surface area contributed by atoms with Gasteiger partial charge in [-0.2, -0.15) is 20.0 Å².